The third-order valence-corrected chi connectivity index (χ3v) is 1.62. The van der Waals surface area contributed by atoms with Crippen LogP contribution in [0.25, 0.3) is 0 Å². The van der Waals surface area contributed by atoms with E-state index in [1.165, 1.54) is 0 Å². The van der Waals surface area contributed by atoms with E-state index in [-0.39, 0.29) is 11.5 Å². The van der Waals surface area contributed by atoms with Gasteiger partial charge >= 0.3 is 0 Å². The van der Waals surface area contributed by atoms with Crippen LogP contribution in [0, 0.1) is 5.41 Å². The zero-order chi connectivity index (χ0) is 8.20. The second-order valence-corrected chi connectivity index (χ2v) is 3.62. The Morgan fingerprint density at radius 1 is 1.40 bits per heavy atom. The Morgan fingerprint density at radius 2 is 1.90 bits per heavy atom. The normalized spacial score (nSPS) is 15.3. The Labute approximate surface area is 63.9 Å². The van der Waals surface area contributed by atoms with Crippen LogP contribution in [0.15, 0.2) is 0 Å². The van der Waals surface area contributed by atoms with Crippen LogP contribution < -0.4 is 5.48 Å². The zero-order valence-electron chi connectivity index (χ0n) is 7.69. The van der Waals surface area contributed by atoms with Crippen molar-refractivity contribution >= 4 is 0 Å². The van der Waals surface area contributed by atoms with Crippen molar-refractivity contribution in [3.63, 3.8) is 0 Å². The molecule has 0 radical (unpaired) electrons. The molecule has 0 rings (SSSR count). The molecule has 0 aliphatic rings. The highest BCUT2D eigenvalue weighted by Crippen LogP contribution is 2.20. The first kappa shape index (κ1) is 9.92. The SMILES string of the molecule is CCNOC(C)C(C)(C)C. The highest BCUT2D eigenvalue weighted by Gasteiger charge is 2.20. The monoisotopic (exact) mass is 145 g/mol. The van der Waals surface area contributed by atoms with E-state index in [1.54, 1.807) is 0 Å². The summed E-state index contributed by atoms with van der Waals surface area (Å²) >= 11 is 0. The van der Waals surface area contributed by atoms with Gasteiger partial charge in [-0.05, 0) is 12.3 Å². The summed E-state index contributed by atoms with van der Waals surface area (Å²) in [4.78, 5) is 5.31. The molecule has 0 aliphatic carbocycles. The van der Waals surface area contributed by atoms with Crippen molar-refractivity contribution in [3.05, 3.63) is 0 Å². The van der Waals surface area contributed by atoms with Gasteiger partial charge in [-0.1, -0.05) is 27.7 Å². The van der Waals surface area contributed by atoms with E-state index in [1.807, 2.05) is 6.92 Å². The van der Waals surface area contributed by atoms with E-state index in [2.05, 4.69) is 33.2 Å². The van der Waals surface area contributed by atoms with Gasteiger partial charge in [0.2, 0.25) is 0 Å². The molecular weight excluding hydrogens is 126 g/mol. The van der Waals surface area contributed by atoms with Gasteiger partial charge in [-0.3, -0.25) is 4.84 Å². The molecule has 1 N–H and O–H groups in total. The van der Waals surface area contributed by atoms with Crippen molar-refractivity contribution < 1.29 is 4.84 Å². The highest BCUT2D eigenvalue weighted by atomic mass is 16.7. The van der Waals surface area contributed by atoms with Gasteiger partial charge in [-0.25, -0.2) is 5.48 Å². The standard InChI is InChI=1S/C8H19NO/c1-6-9-10-7(2)8(3,4)5/h7,9H,6H2,1-5H3. The maximum Gasteiger partial charge on any atom is 0.0810 e. The molecule has 0 spiro atoms. The molecule has 10 heavy (non-hydrogen) atoms. The lowest BCUT2D eigenvalue weighted by molar-refractivity contribution is -0.0651. The molecule has 62 valence electrons. The first-order valence-corrected chi connectivity index (χ1v) is 3.87. The lowest BCUT2D eigenvalue weighted by Crippen LogP contribution is -2.31. The molecule has 0 saturated carbocycles. The maximum atomic E-state index is 5.31. The third kappa shape index (κ3) is 3.85. The van der Waals surface area contributed by atoms with Crippen molar-refractivity contribution in [2.45, 2.75) is 40.7 Å². The number of hydrogen-bond acceptors (Lipinski definition) is 2. The molecule has 2 nitrogen and oxygen atoms in total. The van der Waals surface area contributed by atoms with Crippen LogP contribution in [-0.2, 0) is 4.84 Å². The van der Waals surface area contributed by atoms with Gasteiger partial charge < -0.3 is 0 Å². The van der Waals surface area contributed by atoms with Crippen LogP contribution in [0.3, 0.4) is 0 Å². The molecule has 1 atom stereocenters. The Kier molecular flexibility index (Phi) is 3.91. The quantitative estimate of drug-likeness (QED) is 0.613. The Balaban J connectivity index is 3.52. The molecule has 0 aromatic rings. The highest BCUT2D eigenvalue weighted by molar-refractivity contribution is 4.68. The second kappa shape index (κ2) is 3.94. The largest absolute Gasteiger partial charge is 0.298 e. The first-order valence-electron chi connectivity index (χ1n) is 3.87. The minimum Gasteiger partial charge on any atom is -0.298 e. The Hall–Kier alpha value is -0.0800. The summed E-state index contributed by atoms with van der Waals surface area (Å²) < 4.78 is 0. The van der Waals surface area contributed by atoms with Crippen LogP contribution in [-0.4, -0.2) is 12.6 Å². The van der Waals surface area contributed by atoms with Crippen molar-refractivity contribution in [3.8, 4) is 0 Å². The van der Waals surface area contributed by atoms with Crippen LogP contribution >= 0.6 is 0 Å². The minimum absolute atomic E-state index is 0.224. The molecule has 0 bridgehead atoms. The predicted molar refractivity (Wildman–Crippen MR) is 43.7 cm³/mol. The fraction of sp³-hybridized carbons (Fsp3) is 1.00. The smallest absolute Gasteiger partial charge is 0.0810 e. The van der Waals surface area contributed by atoms with E-state index in [0.717, 1.165) is 6.54 Å². The van der Waals surface area contributed by atoms with E-state index in [0.29, 0.717) is 0 Å². The van der Waals surface area contributed by atoms with Gasteiger partial charge in [0.1, 0.15) is 0 Å². The summed E-state index contributed by atoms with van der Waals surface area (Å²) in [5.74, 6) is 0. The van der Waals surface area contributed by atoms with Crippen molar-refractivity contribution in [2.24, 2.45) is 5.41 Å². The molecule has 0 heterocycles. The van der Waals surface area contributed by atoms with Crippen molar-refractivity contribution in [2.75, 3.05) is 6.54 Å². The molecule has 0 saturated heterocycles. The number of hydrogen-bond donors (Lipinski definition) is 1. The summed E-state index contributed by atoms with van der Waals surface area (Å²) in [6, 6.07) is 0. The number of nitrogens with one attached hydrogen (secondary N) is 1. The lowest BCUT2D eigenvalue weighted by atomic mass is 9.90. The van der Waals surface area contributed by atoms with Gasteiger partial charge in [0, 0.05) is 6.54 Å². The van der Waals surface area contributed by atoms with Crippen LogP contribution in [0.4, 0.5) is 0 Å². The lowest BCUT2D eigenvalue weighted by Gasteiger charge is -2.26. The Morgan fingerprint density at radius 3 is 2.20 bits per heavy atom. The molecule has 0 amide bonds. The topological polar surface area (TPSA) is 21.3 Å². The molecule has 1 unspecified atom stereocenters. The number of rotatable bonds is 3. The van der Waals surface area contributed by atoms with Crippen molar-refractivity contribution in [1.82, 2.24) is 5.48 Å². The van der Waals surface area contributed by atoms with Gasteiger partial charge in [0.25, 0.3) is 0 Å². The predicted octanol–water partition coefficient (Wildman–Crippen LogP) is 1.96. The van der Waals surface area contributed by atoms with E-state index >= 15 is 0 Å². The molecule has 2 heteroatoms. The summed E-state index contributed by atoms with van der Waals surface area (Å²) in [6.45, 7) is 11.4. The van der Waals surface area contributed by atoms with Gasteiger partial charge in [-0.15, -0.1) is 0 Å². The second-order valence-electron chi connectivity index (χ2n) is 3.62. The molecule has 0 aromatic heterocycles. The van der Waals surface area contributed by atoms with Crippen LogP contribution in [0.2, 0.25) is 0 Å². The van der Waals surface area contributed by atoms with Crippen LogP contribution in [0.5, 0.6) is 0 Å². The summed E-state index contributed by atoms with van der Waals surface area (Å²) in [6.07, 6.45) is 0.257. The molecule has 0 aliphatic heterocycles. The molecular formula is C8H19NO. The van der Waals surface area contributed by atoms with E-state index in [4.69, 9.17) is 4.84 Å². The molecule has 0 fully saturated rings. The van der Waals surface area contributed by atoms with E-state index < -0.39 is 0 Å². The van der Waals surface area contributed by atoms with Crippen LogP contribution in [0.1, 0.15) is 34.6 Å². The summed E-state index contributed by atoms with van der Waals surface area (Å²) in [7, 11) is 0. The van der Waals surface area contributed by atoms with E-state index in [9.17, 15) is 0 Å². The number of hydroxylamine groups is 1. The zero-order valence-corrected chi connectivity index (χ0v) is 7.69. The van der Waals surface area contributed by atoms with Gasteiger partial charge in [0.05, 0.1) is 6.10 Å². The average Bonchev–Trinajstić information content (AvgIpc) is 1.80. The third-order valence-electron chi connectivity index (χ3n) is 1.62. The molecule has 0 aromatic carbocycles. The first-order chi connectivity index (χ1) is 4.48. The minimum atomic E-state index is 0.224. The average molecular weight is 145 g/mol. The fourth-order valence-corrected chi connectivity index (χ4v) is 0.385. The summed E-state index contributed by atoms with van der Waals surface area (Å²) in [5, 5.41) is 0. The maximum absolute atomic E-state index is 5.31. The summed E-state index contributed by atoms with van der Waals surface area (Å²) in [5.41, 5.74) is 3.08. The fourth-order valence-electron chi connectivity index (χ4n) is 0.385. The van der Waals surface area contributed by atoms with Crippen molar-refractivity contribution in [1.29, 1.82) is 0 Å². The van der Waals surface area contributed by atoms with Gasteiger partial charge in [0.15, 0.2) is 0 Å². The van der Waals surface area contributed by atoms with Gasteiger partial charge in [-0.2, -0.15) is 0 Å². The Bertz CT molecular complexity index is 85.7.